The van der Waals surface area contributed by atoms with Crippen LogP contribution in [0.15, 0.2) is 18.2 Å². The van der Waals surface area contributed by atoms with Crippen molar-refractivity contribution in [1.82, 2.24) is 10.6 Å². The maximum atomic E-state index is 11.7. The molecule has 1 aromatic carbocycles. The Morgan fingerprint density at radius 1 is 1.55 bits per heavy atom. The Hall–Kier alpha value is -1.26. The Kier molecular flexibility index (Phi) is 5.68. The van der Waals surface area contributed by atoms with Crippen molar-refractivity contribution in [3.63, 3.8) is 0 Å². The molecule has 1 heterocycles. The summed E-state index contributed by atoms with van der Waals surface area (Å²) in [6.07, 6.45) is 2.81. The molecule has 2 rings (SSSR count). The number of benzene rings is 1. The third-order valence-corrected chi connectivity index (χ3v) is 3.63. The average Bonchev–Trinajstić information content (AvgIpc) is 2.94. The van der Waals surface area contributed by atoms with E-state index in [1.807, 2.05) is 25.1 Å². The van der Waals surface area contributed by atoms with Crippen LogP contribution in [-0.2, 0) is 4.79 Å². The minimum Gasteiger partial charge on any atom is -0.493 e. The Bertz CT molecular complexity index is 459. The zero-order valence-corrected chi connectivity index (χ0v) is 12.5. The van der Waals surface area contributed by atoms with E-state index in [1.54, 1.807) is 0 Å². The van der Waals surface area contributed by atoms with E-state index < -0.39 is 0 Å². The first-order chi connectivity index (χ1) is 9.66. The Balaban J connectivity index is 1.62. The second-order valence-electron chi connectivity index (χ2n) is 5.05. The zero-order chi connectivity index (χ0) is 14.4. The van der Waals surface area contributed by atoms with Crippen LogP contribution in [0.5, 0.6) is 5.75 Å². The fourth-order valence-corrected chi connectivity index (χ4v) is 2.50. The van der Waals surface area contributed by atoms with E-state index in [1.165, 1.54) is 0 Å². The maximum Gasteiger partial charge on any atom is 0.237 e. The summed E-state index contributed by atoms with van der Waals surface area (Å²) in [5, 5.41) is 6.83. The molecule has 110 valence electrons. The SMILES string of the molecule is Cc1cc(Cl)ccc1OCCCNC(=O)C1CCCN1. The van der Waals surface area contributed by atoms with Gasteiger partial charge in [0.1, 0.15) is 5.75 Å². The van der Waals surface area contributed by atoms with Crippen molar-refractivity contribution in [2.75, 3.05) is 19.7 Å². The van der Waals surface area contributed by atoms with Crippen molar-refractivity contribution in [3.05, 3.63) is 28.8 Å². The first-order valence-corrected chi connectivity index (χ1v) is 7.44. The Labute approximate surface area is 124 Å². The number of hydrogen-bond acceptors (Lipinski definition) is 3. The topological polar surface area (TPSA) is 50.4 Å². The minimum absolute atomic E-state index is 0.00516. The summed E-state index contributed by atoms with van der Waals surface area (Å²) in [6, 6.07) is 5.56. The summed E-state index contributed by atoms with van der Waals surface area (Å²) < 4.78 is 5.67. The molecule has 0 bridgehead atoms. The summed E-state index contributed by atoms with van der Waals surface area (Å²) in [5.41, 5.74) is 1.02. The molecule has 0 spiro atoms. The molecule has 0 aromatic heterocycles. The molecular weight excluding hydrogens is 276 g/mol. The molecule has 4 nitrogen and oxygen atoms in total. The number of carbonyl (C=O) groups excluding carboxylic acids is 1. The minimum atomic E-state index is -0.00516. The number of amides is 1. The highest BCUT2D eigenvalue weighted by Gasteiger charge is 2.20. The lowest BCUT2D eigenvalue weighted by atomic mass is 10.2. The molecule has 1 saturated heterocycles. The van der Waals surface area contributed by atoms with E-state index in [0.29, 0.717) is 18.2 Å². The largest absolute Gasteiger partial charge is 0.493 e. The van der Waals surface area contributed by atoms with Crippen molar-refractivity contribution < 1.29 is 9.53 Å². The van der Waals surface area contributed by atoms with E-state index in [0.717, 1.165) is 37.1 Å². The lowest BCUT2D eigenvalue weighted by molar-refractivity contribution is -0.122. The maximum absolute atomic E-state index is 11.7. The van der Waals surface area contributed by atoms with Gasteiger partial charge >= 0.3 is 0 Å². The Morgan fingerprint density at radius 2 is 2.40 bits per heavy atom. The van der Waals surface area contributed by atoms with E-state index in [2.05, 4.69) is 10.6 Å². The van der Waals surface area contributed by atoms with Crippen molar-refractivity contribution >= 4 is 17.5 Å². The van der Waals surface area contributed by atoms with E-state index >= 15 is 0 Å². The molecule has 1 amide bonds. The lowest BCUT2D eigenvalue weighted by Gasteiger charge is -2.12. The van der Waals surface area contributed by atoms with Crippen molar-refractivity contribution in [2.24, 2.45) is 0 Å². The summed E-state index contributed by atoms with van der Waals surface area (Å²) in [4.78, 5) is 11.7. The van der Waals surface area contributed by atoms with Gasteiger partial charge in [-0.2, -0.15) is 0 Å². The van der Waals surface area contributed by atoms with Crippen molar-refractivity contribution in [1.29, 1.82) is 0 Å². The highest BCUT2D eigenvalue weighted by atomic mass is 35.5. The number of ether oxygens (including phenoxy) is 1. The van der Waals surface area contributed by atoms with Crippen LogP contribution in [0.1, 0.15) is 24.8 Å². The lowest BCUT2D eigenvalue weighted by Crippen LogP contribution is -2.40. The van der Waals surface area contributed by atoms with Crippen LogP contribution in [0.4, 0.5) is 0 Å². The van der Waals surface area contributed by atoms with Crippen LogP contribution in [0.2, 0.25) is 5.02 Å². The third kappa shape index (κ3) is 4.39. The summed E-state index contributed by atoms with van der Waals surface area (Å²) >= 11 is 5.89. The van der Waals surface area contributed by atoms with Crippen LogP contribution in [0.25, 0.3) is 0 Å². The number of carbonyl (C=O) groups is 1. The van der Waals surface area contributed by atoms with Crippen molar-refractivity contribution in [2.45, 2.75) is 32.2 Å². The first kappa shape index (κ1) is 15.1. The van der Waals surface area contributed by atoms with Crippen LogP contribution in [0.3, 0.4) is 0 Å². The summed E-state index contributed by atoms with van der Waals surface area (Å²) in [6.45, 7) is 4.14. The standard InChI is InChI=1S/C15H21ClN2O2/c1-11-10-12(16)5-6-14(11)20-9-3-8-18-15(19)13-4-2-7-17-13/h5-6,10,13,17H,2-4,7-9H2,1H3,(H,18,19). The van der Waals surface area contributed by atoms with Gasteiger partial charge in [0.2, 0.25) is 5.91 Å². The highest BCUT2D eigenvalue weighted by molar-refractivity contribution is 6.30. The molecule has 1 atom stereocenters. The number of rotatable bonds is 6. The smallest absolute Gasteiger partial charge is 0.237 e. The molecule has 1 unspecified atom stereocenters. The first-order valence-electron chi connectivity index (χ1n) is 7.07. The van der Waals surface area contributed by atoms with E-state index in [9.17, 15) is 4.79 Å². The second kappa shape index (κ2) is 7.50. The van der Waals surface area contributed by atoms with Gasteiger partial charge in [-0.3, -0.25) is 4.79 Å². The van der Waals surface area contributed by atoms with Gasteiger partial charge < -0.3 is 15.4 Å². The molecule has 0 aliphatic carbocycles. The van der Waals surface area contributed by atoms with Crippen LogP contribution >= 0.6 is 11.6 Å². The van der Waals surface area contributed by atoms with E-state index in [4.69, 9.17) is 16.3 Å². The molecule has 20 heavy (non-hydrogen) atoms. The zero-order valence-electron chi connectivity index (χ0n) is 11.7. The monoisotopic (exact) mass is 296 g/mol. The predicted molar refractivity (Wildman–Crippen MR) is 80.3 cm³/mol. The molecule has 1 aromatic rings. The fraction of sp³-hybridized carbons (Fsp3) is 0.533. The molecular formula is C15H21ClN2O2. The van der Waals surface area contributed by atoms with Gasteiger partial charge in [0.05, 0.1) is 12.6 Å². The number of halogens is 1. The summed E-state index contributed by atoms with van der Waals surface area (Å²) in [7, 11) is 0. The second-order valence-corrected chi connectivity index (χ2v) is 5.49. The molecule has 1 aliphatic rings. The molecule has 2 N–H and O–H groups in total. The predicted octanol–water partition coefficient (Wildman–Crippen LogP) is 2.29. The Morgan fingerprint density at radius 3 is 3.10 bits per heavy atom. The van der Waals surface area contributed by atoms with Gasteiger partial charge in [-0.25, -0.2) is 0 Å². The van der Waals surface area contributed by atoms with Gasteiger partial charge in [-0.05, 0) is 56.5 Å². The number of nitrogens with one attached hydrogen (secondary N) is 2. The summed E-state index contributed by atoms with van der Waals surface area (Å²) in [5.74, 6) is 0.948. The van der Waals surface area contributed by atoms with E-state index in [-0.39, 0.29) is 11.9 Å². The number of aryl methyl sites for hydroxylation is 1. The van der Waals surface area contributed by atoms with Gasteiger partial charge in [-0.15, -0.1) is 0 Å². The van der Waals surface area contributed by atoms with Gasteiger partial charge in [0.15, 0.2) is 0 Å². The van der Waals surface area contributed by atoms with Crippen molar-refractivity contribution in [3.8, 4) is 5.75 Å². The van der Waals surface area contributed by atoms with Gasteiger partial charge in [0.25, 0.3) is 0 Å². The fourth-order valence-electron chi connectivity index (χ4n) is 2.27. The third-order valence-electron chi connectivity index (χ3n) is 3.39. The van der Waals surface area contributed by atoms with Crippen LogP contribution < -0.4 is 15.4 Å². The quantitative estimate of drug-likeness (QED) is 0.792. The number of hydrogen-bond donors (Lipinski definition) is 2. The highest BCUT2D eigenvalue weighted by Crippen LogP contribution is 2.21. The molecule has 5 heteroatoms. The normalized spacial score (nSPS) is 18.0. The molecule has 1 aliphatic heterocycles. The van der Waals surface area contributed by atoms with Crippen LogP contribution in [0, 0.1) is 6.92 Å². The van der Waals surface area contributed by atoms with Gasteiger partial charge in [0, 0.05) is 11.6 Å². The molecule has 1 fully saturated rings. The average molecular weight is 297 g/mol. The van der Waals surface area contributed by atoms with Gasteiger partial charge in [-0.1, -0.05) is 11.6 Å². The van der Waals surface area contributed by atoms with Crippen LogP contribution in [-0.4, -0.2) is 31.6 Å². The molecule has 0 saturated carbocycles. The molecule has 0 radical (unpaired) electrons.